The highest BCUT2D eigenvalue weighted by atomic mass is 35.5. The molecule has 1 aliphatic rings. The number of rotatable bonds is 4. The predicted octanol–water partition coefficient (Wildman–Crippen LogP) is 3.86. The molecule has 2 amide bonds. The van der Waals surface area contributed by atoms with Crippen molar-refractivity contribution in [3.05, 3.63) is 34.9 Å². The first-order valence-corrected chi connectivity index (χ1v) is 7.87. The maximum absolute atomic E-state index is 12.2. The van der Waals surface area contributed by atoms with Crippen LogP contribution in [0.3, 0.4) is 0 Å². The van der Waals surface area contributed by atoms with E-state index in [0.717, 1.165) is 37.3 Å². The predicted molar refractivity (Wildman–Crippen MR) is 83.2 cm³/mol. The Kier molecular flexibility index (Phi) is 5.72. The average Bonchev–Trinajstić information content (AvgIpc) is 2.49. The van der Waals surface area contributed by atoms with E-state index < -0.39 is 0 Å². The number of benzene rings is 1. The Morgan fingerprint density at radius 3 is 2.80 bits per heavy atom. The molecule has 1 saturated heterocycles. The molecule has 0 saturated carbocycles. The van der Waals surface area contributed by atoms with Crippen LogP contribution in [0.5, 0.6) is 0 Å². The summed E-state index contributed by atoms with van der Waals surface area (Å²) in [5, 5.41) is 3.78. The minimum Gasteiger partial charge on any atom is -0.338 e. The molecule has 1 heterocycles. The maximum atomic E-state index is 12.2. The van der Waals surface area contributed by atoms with Gasteiger partial charge in [-0.2, -0.15) is 0 Å². The van der Waals surface area contributed by atoms with Gasteiger partial charge in [0, 0.05) is 24.2 Å². The summed E-state index contributed by atoms with van der Waals surface area (Å²) in [6.45, 7) is 3.72. The lowest BCUT2D eigenvalue weighted by atomic mass is 10.0. The number of likely N-dealkylation sites (tertiary alicyclic amines) is 1. The van der Waals surface area contributed by atoms with Crippen LogP contribution in [0.25, 0.3) is 0 Å². The highest BCUT2D eigenvalue weighted by Gasteiger charge is 2.24. The SMILES string of the molecule is CCC1CCCCN1C(=O)NCCc1ccc(Cl)cc1. The first kappa shape index (κ1) is 15.2. The van der Waals surface area contributed by atoms with Gasteiger partial charge in [0.05, 0.1) is 0 Å². The molecule has 1 N–H and O–H groups in total. The number of hydrogen-bond donors (Lipinski definition) is 1. The van der Waals surface area contributed by atoms with Crippen molar-refractivity contribution in [1.29, 1.82) is 0 Å². The number of amides is 2. The molecule has 1 aliphatic heterocycles. The van der Waals surface area contributed by atoms with E-state index >= 15 is 0 Å². The topological polar surface area (TPSA) is 32.3 Å². The second-order valence-electron chi connectivity index (χ2n) is 5.36. The van der Waals surface area contributed by atoms with E-state index in [-0.39, 0.29) is 6.03 Å². The van der Waals surface area contributed by atoms with Crippen molar-refractivity contribution in [2.24, 2.45) is 0 Å². The molecule has 20 heavy (non-hydrogen) atoms. The Morgan fingerprint density at radius 2 is 2.10 bits per heavy atom. The fourth-order valence-electron chi connectivity index (χ4n) is 2.76. The lowest BCUT2D eigenvalue weighted by molar-refractivity contribution is 0.149. The Bertz CT molecular complexity index is 433. The summed E-state index contributed by atoms with van der Waals surface area (Å²) in [6, 6.07) is 8.28. The summed E-state index contributed by atoms with van der Waals surface area (Å²) < 4.78 is 0. The van der Waals surface area contributed by atoms with Crippen LogP contribution >= 0.6 is 11.6 Å². The lowest BCUT2D eigenvalue weighted by Gasteiger charge is -2.35. The van der Waals surface area contributed by atoms with Crippen molar-refractivity contribution >= 4 is 17.6 Å². The zero-order valence-corrected chi connectivity index (χ0v) is 12.8. The van der Waals surface area contributed by atoms with Crippen molar-refractivity contribution in [3.8, 4) is 0 Å². The third kappa shape index (κ3) is 4.14. The number of nitrogens with one attached hydrogen (secondary N) is 1. The summed E-state index contributed by atoms with van der Waals surface area (Å²) in [4.78, 5) is 14.2. The fraction of sp³-hybridized carbons (Fsp3) is 0.562. The first-order chi connectivity index (χ1) is 9.70. The third-order valence-corrected chi connectivity index (χ3v) is 4.21. The number of hydrogen-bond acceptors (Lipinski definition) is 1. The molecule has 0 aliphatic carbocycles. The van der Waals surface area contributed by atoms with Crippen molar-refractivity contribution in [2.75, 3.05) is 13.1 Å². The molecule has 0 radical (unpaired) electrons. The highest BCUT2D eigenvalue weighted by molar-refractivity contribution is 6.30. The minimum atomic E-state index is 0.0884. The van der Waals surface area contributed by atoms with Gasteiger partial charge in [-0.3, -0.25) is 0 Å². The lowest BCUT2D eigenvalue weighted by Crippen LogP contribution is -2.48. The van der Waals surface area contributed by atoms with Gasteiger partial charge in [-0.1, -0.05) is 30.7 Å². The van der Waals surface area contributed by atoms with E-state index in [1.165, 1.54) is 12.0 Å². The van der Waals surface area contributed by atoms with Gasteiger partial charge < -0.3 is 10.2 Å². The largest absolute Gasteiger partial charge is 0.338 e. The number of carbonyl (C=O) groups is 1. The van der Waals surface area contributed by atoms with Crippen LogP contribution in [-0.2, 0) is 6.42 Å². The Morgan fingerprint density at radius 1 is 1.35 bits per heavy atom. The van der Waals surface area contributed by atoms with E-state index in [9.17, 15) is 4.79 Å². The molecule has 4 heteroatoms. The van der Waals surface area contributed by atoms with Crippen LogP contribution in [0.15, 0.2) is 24.3 Å². The molecule has 0 bridgehead atoms. The van der Waals surface area contributed by atoms with Crippen LogP contribution in [0.4, 0.5) is 4.79 Å². The summed E-state index contributed by atoms with van der Waals surface area (Å²) >= 11 is 5.85. The summed E-state index contributed by atoms with van der Waals surface area (Å²) in [7, 11) is 0. The Hall–Kier alpha value is -1.22. The van der Waals surface area contributed by atoms with Gasteiger partial charge >= 0.3 is 6.03 Å². The standard InChI is InChI=1S/C16H23ClN2O/c1-2-15-5-3-4-12-19(15)16(20)18-11-10-13-6-8-14(17)9-7-13/h6-9,15H,2-5,10-12H2,1H3,(H,18,20). The molecule has 1 aromatic carbocycles. The van der Waals surface area contributed by atoms with E-state index in [2.05, 4.69) is 12.2 Å². The Labute approximate surface area is 126 Å². The van der Waals surface area contributed by atoms with Gasteiger partial charge in [0.15, 0.2) is 0 Å². The number of piperidine rings is 1. The van der Waals surface area contributed by atoms with E-state index in [0.29, 0.717) is 12.6 Å². The molecule has 1 fully saturated rings. The summed E-state index contributed by atoms with van der Waals surface area (Å²) in [5.74, 6) is 0. The highest BCUT2D eigenvalue weighted by Crippen LogP contribution is 2.19. The molecule has 2 rings (SSSR count). The second kappa shape index (κ2) is 7.53. The molecular formula is C16H23ClN2O. The van der Waals surface area contributed by atoms with Crippen molar-refractivity contribution in [1.82, 2.24) is 10.2 Å². The quantitative estimate of drug-likeness (QED) is 0.898. The zero-order valence-electron chi connectivity index (χ0n) is 12.1. The van der Waals surface area contributed by atoms with Gasteiger partial charge in [0.1, 0.15) is 0 Å². The minimum absolute atomic E-state index is 0.0884. The summed E-state index contributed by atoms with van der Waals surface area (Å²) in [6.07, 6.45) is 5.40. The van der Waals surface area contributed by atoms with Gasteiger partial charge in [0.25, 0.3) is 0 Å². The van der Waals surface area contributed by atoms with Crippen molar-refractivity contribution in [2.45, 2.75) is 45.1 Å². The fourth-order valence-corrected chi connectivity index (χ4v) is 2.88. The molecule has 0 aromatic heterocycles. The molecule has 110 valence electrons. The monoisotopic (exact) mass is 294 g/mol. The molecule has 1 atom stereocenters. The normalized spacial score (nSPS) is 18.9. The van der Waals surface area contributed by atoms with Crippen LogP contribution in [0.2, 0.25) is 5.02 Å². The summed E-state index contributed by atoms with van der Waals surface area (Å²) in [5.41, 5.74) is 1.19. The molecular weight excluding hydrogens is 272 g/mol. The van der Waals surface area contributed by atoms with E-state index in [1.54, 1.807) is 0 Å². The maximum Gasteiger partial charge on any atom is 0.317 e. The molecule has 0 spiro atoms. The van der Waals surface area contributed by atoms with Crippen molar-refractivity contribution < 1.29 is 4.79 Å². The van der Waals surface area contributed by atoms with Crippen LogP contribution in [-0.4, -0.2) is 30.1 Å². The van der Waals surface area contributed by atoms with Crippen molar-refractivity contribution in [3.63, 3.8) is 0 Å². The molecule has 1 unspecified atom stereocenters. The average molecular weight is 295 g/mol. The van der Waals surface area contributed by atoms with Gasteiger partial charge in [-0.05, 0) is 49.8 Å². The zero-order chi connectivity index (χ0) is 14.4. The van der Waals surface area contributed by atoms with Gasteiger partial charge in [-0.25, -0.2) is 4.79 Å². The third-order valence-electron chi connectivity index (χ3n) is 3.96. The van der Waals surface area contributed by atoms with Crippen LogP contribution < -0.4 is 5.32 Å². The number of nitrogens with zero attached hydrogens (tertiary/aromatic N) is 1. The van der Waals surface area contributed by atoms with Crippen LogP contribution in [0.1, 0.15) is 38.2 Å². The first-order valence-electron chi connectivity index (χ1n) is 7.49. The van der Waals surface area contributed by atoms with E-state index in [1.807, 2.05) is 29.2 Å². The number of carbonyl (C=O) groups excluding carboxylic acids is 1. The smallest absolute Gasteiger partial charge is 0.317 e. The molecule has 1 aromatic rings. The van der Waals surface area contributed by atoms with E-state index in [4.69, 9.17) is 11.6 Å². The Balaban J connectivity index is 1.78. The van der Waals surface area contributed by atoms with Gasteiger partial charge in [-0.15, -0.1) is 0 Å². The number of halogens is 1. The van der Waals surface area contributed by atoms with Crippen LogP contribution in [0, 0.1) is 0 Å². The second-order valence-corrected chi connectivity index (χ2v) is 5.80. The number of urea groups is 1. The van der Waals surface area contributed by atoms with Gasteiger partial charge in [0.2, 0.25) is 0 Å². The molecule has 3 nitrogen and oxygen atoms in total.